The van der Waals surface area contributed by atoms with Crippen LogP contribution in [0.4, 0.5) is 0 Å². The highest BCUT2D eigenvalue weighted by molar-refractivity contribution is 8.13. The zero-order valence-corrected chi connectivity index (χ0v) is 12.8. The monoisotopic (exact) mass is 322 g/mol. The molecular formula is C15H14O4S2. The highest BCUT2D eigenvalue weighted by atomic mass is 32.3. The zero-order chi connectivity index (χ0) is 15.1. The molecule has 0 unspecified atom stereocenters. The van der Waals surface area contributed by atoms with E-state index in [4.69, 9.17) is 0 Å². The predicted molar refractivity (Wildman–Crippen MR) is 81.2 cm³/mol. The molecule has 110 valence electrons. The Balaban J connectivity index is 2.48. The van der Waals surface area contributed by atoms with Crippen molar-refractivity contribution in [1.82, 2.24) is 0 Å². The minimum Gasteiger partial charge on any atom is -0.226 e. The maximum atomic E-state index is 12.7. The first-order chi connectivity index (χ1) is 9.92. The first-order valence-electron chi connectivity index (χ1n) is 6.47. The Labute approximate surface area is 124 Å². The van der Waals surface area contributed by atoms with Gasteiger partial charge in [-0.3, -0.25) is 0 Å². The van der Waals surface area contributed by atoms with Crippen LogP contribution in [0.5, 0.6) is 0 Å². The summed E-state index contributed by atoms with van der Waals surface area (Å²) in [5, 5.41) is 0. The summed E-state index contributed by atoms with van der Waals surface area (Å²) in [6.45, 7) is 0. The lowest BCUT2D eigenvalue weighted by molar-refractivity contribution is 0.571. The van der Waals surface area contributed by atoms with Crippen molar-refractivity contribution in [3.05, 3.63) is 71.8 Å². The van der Waals surface area contributed by atoms with Gasteiger partial charge in [-0.1, -0.05) is 60.7 Å². The lowest BCUT2D eigenvalue weighted by Crippen LogP contribution is -2.39. The largest absolute Gasteiger partial charge is 0.226 e. The molecule has 1 saturated heterocycles. The molecule has 1 aliphatic rings. The van der Waals surface area contributed by atoms with E-state index in [-0.39, 0.29) is 22.6 Å². The molecule has 0 saturated carbocycles. The van der Waals surface area contributed by atoms with Gasteiger partial charge in [0.05, 0.1) is 11.5 Å². The maximum Gasteiger partial charge on any atom is 0.222 e. The van der Waals surface area contributed by atoms with Gasteiger partial charge < -0.3 is 0 Å². The van der Waals surface area contributed by atoms with E-state index in [0.29, 0.717) is 0 Å². The van der Waals surface area contributed by atoms with Crippen LogP contribution in [-0.4, -0.2) is 28.3 Å². The Morgan fingerprint density at radius 3 is 1.29 bits per heavy atom. The van der Waals surface area contributed by atoms with Crippen molar-refractivity contribution in [1.29, 1.82) is 0 Å². The minimum absolute atomic E-state index is 0.286. The fourth-order valence-electron chi connectivity index (χ4n) is 2.90. The maximum absolute atomic E-state index is 12.7. The Hall–Kier alpha value is -1.66. The molecule has 6 heteroatoms. The zero-order valence-electron chi connectivity index (χ0n) is 11.1. The molecule has 1 aliphatic heterocycles. The molecule has 2 aromatic carbocycles. The van der Waals surface area contributed by atoms with Crippen molar-refractivity contribution in [2.45, 2.75) is 4.08 Å². The fraction of sp³-hybridized carbons (Fsp3) is 0.200. The molecule has 2 aromatic rings. The number of rotatable bonds is 2. The second-order valence-corrected chi connectivity index (χ2v) is 9.75. The van der Waals surface area contributed by atoms with Gasteiger partial charge in [-0.2, -0.15) is 0 Å². The average molecular weight is 322 g/mol. The van der Waals surface area contributed by atoms with E-state index in [1.807, 2.05) is 0 Å². The molecule has 0 radical (unpaired) electrons. The third kappa shape index (κ3) is 1.86. The summed E-state index contributed by atoms with van der Waals surface area (Å²) in [5.41, 5.74) is 0.572. The number of hydrogen-bond acceptors (Lipinski definition) is 4. The van der Waals surface area contributed by atoms with Crippen molar-refractivity contribution in [3.8, 4) is 0 Å². The first kappa shape index (κ1) is 14.3. The van der Waals surface area contributed by atoms with Crippen LogP contribution in [0.1, 0.15) is 11.1 Å². The highest BCUT2D eigenvalue weighted by Crippen LogP contribution is 2.47. The van der Waals surface area contributed by atoms with Gasteiger partial charge in [-0.15, -0.1) is 0 Å². The first-order valence-corrected chi connectivity index (χ1v) is 9.78. The van der Waals surface area contributed by atoms with Crippen molar-refractivity contribution in [3.63, 3.8) is 0 Å². The van der Waals surface area contributed by atoms with Crippen molar-refractivity contribution >= 4 is 19.7 Å². The Bertz CT molecular complexity index is 779. The van der Waals surface area contributed by atoms with Gasteiger partial charge in [-0.25, -0.2) is 16.8 Å². The molecule has 0 spiro atoms. The van der Waals surface area contributed by atoms with Crippen LogP contribution in [0.25, 0.3) is 0 Å². The second-order valence-electron chi connectivity index (χ2n) is 4.99. The van der Waals surface area contributed by atoms with Crippen LogP contribution in [0, 0.1) is 0 Å². The van der Waals surface area contributed by atoms with Gasteiger partial charge in [0.1, 0.15) is 0 Å². The summed E-state index contributed by atoms with van der Waals surface area (Å²) in [6.07, 6.45) is 0. The van der Waals surface area contributed by atoms with Crippen molar-refractivity contribution < 1.29 is 16.8 Å². The van der Waals surface area contributed by atoms with Gasteiger partial charge >= 0.3 is 0 Å². The Morgan fingerprint density at radius 1 is 0.619 bits per heavy atom. The van der Waals surface area contributed by atoms with Gasteiger partial charge in [-0.05, 0) is 11.1 Å². The molecule has 0 amide bonds. The van der Waals surface area contributed by atoms with Gasteiger partial charge in [0.2, 0.25) is 4.08 Å². The lowest BCUT2D eigenvalue weighted by Gasteiger charge is -2.28. The van der Waals surface area contributed by atoms with E-state index in [0.717, 1.165) is 0 Å². The third-order valence-corrected chi connectivity index (χ3v) is 9.76. The molecule has 0 bridgehead atoms. The molecule has 0 atom stereocenters. The van der Waals surface area contributed by atoms with E-state index in [9.17, 15) is 16.8 Å². The molecular weight excluding hydrogens is 308 g/mol. The molecule has 0 N–H and O–H groups in total. The van der Waals surface area contributed by atoms with Crippen LogP contribution in [0.3, 0.4) is 0 Å². The molecule has 0 aliphatic carbocycles. The molecule has 1 heterocycles. The summed E-state index contributed by atoms with van der Waals surface area (Å²) in [6, 6.07) is 16.3. The van der Waals surface area contributed by atoms with Crippen LogP contribution < -0.4 is 0 Å². The average Bonchev–Trinajstić information content (AvgIpc) is 2.67. The molecule has 4 nitrogen and oxygen atoms in total. The van der Waals surface area contributed by atoms with Crippen LogP contribution in [-0.2, 0) is 23.8 Å². The topological polar surface area (TPSA) is 68.3 Å². The van der Waals surface area contributed by atoms with Crippen LogP contribution in [0.15, 0.2) is 60.7 Å². The smallest absolute Gasteiger partial charge is 0.222 e. The molecule has 3 rings (SSSR count). The molecule has 1 fully saturated rings. The van der Waals surface area contributed by atoms with E-state index in [1.165, 1.54) is 0 Å². The number of benzene rings is 2. The summed E-state index contributed by atoms with van der Waals surface area (Å²) >= 11 is 0. The van der Waals surface area contributed by atoms with E-state index >= 15 is 0 Å². The normalized spacial score (nSPS) is 21.9. The van der Waals surface area contributed by atoms with Crippen LogP contribution >= 0.6 is 0 Å². The third-order valence-electron chi connectivity index (χ3n) is 3.80. The van der Waals surface area contributed by atoms with Crippen LogP contribution in [0.2, 0.25) is 0 Å². The summed E-state index contributed by atoms with van der Waals surface area (Å²) in [5.74, 6) is -0.696. The van der Waals surface area contributed by atoms with E-state index in [1.54, 1.807) is 60.7 Å². The van der Waals surface area contributed by atoms with E-state index < -0.39 is 23.8 Å². The van der Waals surface area contributed by atoms with E-state index in [2.05, 4.69) is 0 Å². The summed E-state index contributed by atoms with van der Waals surface area (Å²) in [4.78, 5) is 0. The second kappa shape index (κ2) is 4.68. The summed E-state index contributed by atoms with van der Waals surface area (Å²) in [7, 11) is -7.70. The minimum atomic E-state index is -3.85. The quantitative estimate of drug-likeness (QED) is 0.844. The van der Waals surface area contributed by atoms with Crippen molar-refractivity contribution in [2.75, 3.05) is 11.5 Å². The SMILES string of the molecule is O=S1(=O)CCS(=O)(=O)C1(c1ccccc1)c1ccccc1. The number of hydrogen-bond donors (Lipinski definition) is 0. The molecule has 0 aromatic heterocycles. The van der Waals surface area contributed by atoms with Gasteiger partial charge in [0.15, 0.2) is 19.7 Å². The lowest BCUT2D eigenvalue weighted by atomic mass is 10.0. The van der Waals surface area contributed by atoms with Gasteiger partial charge in [0, 0.05) is 0 Å². The summed E-state index contributed by atoms with van der Waals surface area (Å²) < 4.78 is 48.9. The molecule has 21 heavy (non-hydrogen) atoms. The standard InChI is InChI=1S/C15H14O4S2/c16-20(17)11-12-21(18,19)15(20,13-7-3-1-4-8-13)14-9-5-2-6-10-14/h1-10H,11-12H2. The fourth-order valence-corrected chi connectivity index (χ4v) is 9.26. The predicted octanol–water partition coefficient (Wildman–Crippen LogP) is 1.73. The Kier molecular flexibility index (Phi) is 3.18. The van der Waals surface area contributed by atoms with Gasteiger partial charge in [0.25, 0.3) is 0 Å². The number of sulfone groups is 2. The Morgan fingerprint density at radius 2 is 0.952 bits per heavy atom. The highest BCUT2D eigenvalue weighted by Gasteiger charge is 2.61. The van der Waals surface area contributed by atoms with Crippen molar-refractivity contribution in [2.24, 2.45) is 0 Å².